The first-order valence-corrected chi connectivity index (χ1v) is 6.27. The van der Waals surface area contributed by atoms with Crippen molar-refractivity contribution < 1.29 is 0 Å². The van der Waals surface area contributed by atoms with Gasteiger partial charge in [0, 0.05) is 14.7 Å². The molecule has 3 N–H and O–H groups in total. The van der Waals surface area contributed by atoms with Gasteiger partial charge in [0.2, 0.25) is 0 Å². The zero-order chi connectivity index (χ0) is 11.7. The number of fused-ring (bicyclic) bond motifs is 1. The van der Waals surface area contributed by atoms with E-state index in [1.54, 1.807) is 0 Å². The number of hydrazine groups is 1. The van der Waals surface area contributed by atoms with E-state index in [0.717, 1.165) is 25.9 Å². The maximum Gasteiger partial charge on any atom is 0.0860 e. The second kappa shape index (κ2) is 4.55. The maximum absolute atomic E-state index is 5.55. The van der Waals surface area contributed by atoms with E-state index in [-0.39, 0.29) is 0 Å². The van der Waals surface area contributed by atoms with Gasteiger partial charge in [0.1, 0.15) is 0 Å². The summed E-state index contributed by atoms with van der Waals surface area (Å²) in [5.74, 6) is 5.95. The summed E-state index contributed by atoms with van der Waals surface area (Å²) in [7, 11) is 0. The average Bonchev–Trinajstić information content (AvgIpc) is 2.28. The Balaban J connectivity index is 2.79. The minimum atomic E-state index is 0.396. The minimum absolute atomic E-state index is 0.396. The summed E-state index contributed by atoms with van der Waals surface area (Å²) in [6.45, 7) is 4.26. The van der Waals surface area contributed by atoms with Crippen LogP contribution in [0.15, 0.2) is 24.3 Å². The Morgan fingerprint density at radius 3 is 2.75 bits per heavy atom. The number of halogens is 1. The predicted molar refractivity (Wildman–Crippen MR) is 76.4 cm³/mol. The highest BCUT2D eigenvalue weighted by Gasteiger charge is 2.09. The molecule has 4 heteroatoms. The number of nitrogens with zero attached hydrogens (tertiary/aromatic N) is 1. The van der Waals surface area contributed by atoms with E-state index in [4.69, 9.17) is 5.84 Å². The Bertz CT molecular complexity index is 523. The third-order valence-corrected chi connectivity index (χ3v) is 3.43. The van der Waals surface area contributed by atoms with E-state index in [2.05, 4.69) is 52.9 Å². The first kappa shape index (κ1) is 11.6. The van der Waals surface area contributed by atoms with Crippen LogP contribution in [0.25, 0.3) is 10.9 Å². The second-order valence-corrected chi connectivity index (χ2v) is 5.19. The molecule has 84 valence electrons. The van der Waals surface area contributed by atoms with Crippen molar-refractivity contribution in [1.82, 2.24) is 4.98 Å². The molecular formula is C12H14IN3. The Labute approximate surface area is 109 Å². The van der Waals surface area contributed by atoms with E-state index >= 15 is 0 Å². The van der Waals surface area contributed by atoms with Crippen LogP contribution in [0.1, 0.15) is 25.5 Å². The van der Waals surface area contributed by atoms with E-state index < -0.39 is 0 Å². The molecular weight excluding hydrogens is 313 g/mol. The van der Waals surface area contributed by atoms with Gasteiger partial charge < -0.3 is 5.43 Å². The van der Waals surface area contributed by atoms with Crippen molar-refractivity contribution in [2.24, 2.45) is 5.84 Å². The van der Waals surface area contributed by atoms with Crippen LogP contribution < -0.4 is 11.3 Å². The Morgan fingerprint density at radius 2 is 2.12 bits per heavy atom. The van der Waals surface area contributed by atoms with Crippen LogP contribution in [-0.4, -0.2) is 4.98 Å². The fourth-order valence-corrected chi connectivity index (χ4v) is 2.27. The molecule has 3 nitrogen and oxygen atoms in total. The number of nitrogens with two attached hydrogens (primary N) is 1. The molecule has 0 spiro atoms. The number of para-hydroxylation sites is 1. The second-order valence-electron chi connectivity index (χ2n) is 4.03. The zero-order valence-corrected chi connectivity index (χ0v) is 11.4. The third-order valence-electron chi connectivity index (χ3n) is 2.56. The average molecular weight is 327 g/mol. The molecule has 16 heavy (non-hydrogen) atoms. The van der Waals surface area contributed by atoms with Crippen LogP contribution in [0.3, 0.4) is 0 Å². The number of hydrogen-bond donors (Lipinski definition) is 2. The van der Waals surface area contributed by atoms with Gasteiger partial charge in [0.05, 0.1) is 11.2 Å². The quantitative estimate of drug-likeness (QED) is 0.506. The molecule has 0 atom stereocenters. The molecule has 0 saturated carbocycles. The van der Waals surface area contributed by atoms with Gasteiger partial charge in [0.15, 0.2) is 0 Å². The number of anilines is 1. The summed E-state index contributed by atoms with van der Waals surface area (Å²) in [6, 6.07) is 8.12. The van der Waals surface area contributed by atoms with Gasteiger partial charge in [-0.15, -0.1) is 0 Å². The molecule has 1 heterocycles. The molecule has 0 aliphatic carbocycles. The van der Waals surface area contributed by atoms with Crippen molar-refractivity contribution in [2.45, 2.75) is 19.8 Å². The van der Waals surface area contributed by atoms with Gasteiger partial charge in [0.25, 0.3) is 0 Å². The van der Waals surface area contributed by atoms with E-state index in [1.807, 2.05) is 18.2 Å². The summed E-state index contributed by atoms with van der Waals surface area (Å²) < 4.78 is 1.15. The fraction of sp³-hybridized carbons (Fsp3) is 0.250. The van der Waals surface area contributed by atoms with Crippen LogP contribution in [0.2, 0.25) is 0 Å². The molecule has 0 unspecified atom stereocenters. The van der Waals surface area contributed by atoms with Crippen molar-refractivity contribution in [2.75, 3.05) is 5.43 Å². The number of hydrogen-bond acceptors (Lipinski definition) is 3. The summed E-state index contributed by atoms with van der Waals surface area (Å²) in [4.78, 5) is 4.68. The molecule has 1 aromatic heterocycles. The zero-order valence-electron chi connectivity index (χ0n) is 9.29. The number of aromatic nitrogens is 1. The largest absolute Gasteiger partial charge is 0.323 e. The number of benzene rings is 1. The monoisotopic (exact) mass is 327 g/mol. The summed E-state index contributed by atoms with van der Waals surface area (Å²) in [5.41, 5.74) is 5.76. The molecule has 0 aliphatic rings. The molecule has 0 aliphatic heterocycles. The van der Waals surface area contributed by atoms with Gasteiger partial charge in [-0.3, -0.25) is 10.8 Å². The van der Waals surface area contributed by atoms with Gasteiger partial charge in [-0.25, -0.2) is 0 Å². The van der Waals surface area contributed by atoms with E-state index in [1.165, 1.54) is 0 Å². The lowest BCUT2D eigenvalue weighted by atomic mass is 10.1. The number of rotatable bonds is 2. The lowest BCUT2D eigenvalue weighted by Crippen LogP contribution is -2.09. The first-order chi connectivity index (χ1) is 7.63. The van der Waals surface area contributed by atoms with Crippen molar-refractivity contribution in [3.8, 4) is 0 Å². The van der Waals surface area contributed by atoms with Crippen LogP contribution >= 0.6 is 22.6 Å². The number of nitrogen functional groups attached to an aromatic ring is 1. The van der Waals surface area contributed by atoms with Gasteiger partial charge in [-0.05, 0) is 40.6 Å². The van der Waals surface area contributed by atoms with E-state index in [0.29, 0.717) is 5.92 Å². The molecule has 0 saturated heterocycles. The summed E-state index contributed by atoms with van der Waals surface area (Å²) in [6.07, 6.45) is 0. The van der Waals surface area contributed by atoms with Crippen molar-refractivity contribution in [3.05, 3.63) is 33.5 Å². The predicted octanol–water partition coefficient (Wildman–Crippen LogP) is 3.25. The molecule has 0 radical (unpaired) electrons. The van der Waals surface area contributed by atoms with Crippen LogP contribution in [-0.2, 0) is 0 Å². The molecule has 0 bridgehead atoms. The standard InChI is InChI=1S/C12H14IN3/c1-7(2)10-6-11(16-14)8-4-3-5-9(13)12(8)15-10/h3-7H,14H2,1-2H3,(H,15,16). The summed E-state index contributed by atoms with van der Waals surface area (Å²) >= 11 is 2.30. The molecule has 1 aromatic carbocycles. The lowest BCUT2D eigenvalue weighted by Gasteiger charge is -2.11. The maximum atomic E-state index is 5.55. The Kier molecular flexibility index (Phi) is 3.30. The lowest BCUT2D eigenvalue weighted by molar-refractivity contribution is 0.830. The Morgan fingerprint density at radius 1 is 1.38 bits per heavy atom. The highest BCUT2D eigenvalue weighted by molar-refractivity contribution is 14.1. The van der Waals surface area contributed by atoms with Crippen LogP contribution in [0.5, 0.6) is 0 Å². The number of nitrogens with one attached hydrogen (secondary N) is 1. The van der Waals surface area contributed by atoms with E-state index in [9.17, 15) is 0 Å². The van der Waals surface area contributed by atoms with Gasteiger partial charge in [-0.1, -0.05) is 26.0 Å². The first-order valence-electron chi connectivity index (χ1n) is 5.19. The smallest absolute Gasteiger partial charge is 0.0860 e. The molecule has 0 fully saturated rings. The minimum Gasteiger partial charge on any atom is -0.323 e. The van der Waals surface area contributed by atoms with Crippen molar-refractivity contribution in [1.29, 1.82) is 0 Å². The van der Waals surface area contributed by atoms with Gasteiger partial charge >= 0.3 is 0 Å². The topological polar surface area (TPSA) is 50.9 Å². The number of pyridine rings is 1. The van der Waals surface area contributed by atoms with Crippen molar-refractivity contribution in [3.63, 3.8) is 0 Å². The molecule has 2 rings (SSSR count). The highest BCUT2D eigenvalue weighted by Crippen LogP contribution is 2.28. The normalized spacial score (nSPS) is 11.1. The van der Waals surface area contributed by atoms with Crippen LogP contribution in [0, 0.1) is 3.57 Å². The highest BCUT2D eigenvalue weighted by atomic mass is 127. The van der Waals surface area contributed by atoms with Gasteiger partial charge in [-0.2, -0.15) is 0 Å². The molecule has 2 aromatic rings. The summed E-state index contributed by atoms with van der Waals surface area (Å²) in [5, 5.41) is 1.07. The third kappa shape index (κ3) is 1.99. The fourth-order valence-electron chi connectivity index (χ4n) is 1.65. The SMILES string of the molecule is CC(C)c1cc(NN)c2cccc(I)c2n1. The van der Waals surface area contributed by atoms with Crippen LogP contribution in [0.4, 0.5) is 5.69 Å². The Hall–Kier alpha value is -0.880. The van der Waals surface area contributed by atoms with Crippen molar-refractivity contribution >= 4 is 39.2 Å². The molecule has 0 amide bonds.